The molecule has 0 aromatic carbocycles. The molecule has 4 nitrogen and oxygen atoms in total. The fraction of sp³-hybridized carbons (Fsp3) is 0.500. The van der Waals surface area contributed by atoms with Crippen molar-refractivity contribution in [1.29, 1.82) is 0 Å². The smallest absolute Gasteiger partial charge is 0.545 e. The van der Waals surface area contributed by atoms with Gasteiger partial charge in [-0.15, -0.1) is 0 Å². The van der Waals surface area contributed by atoms with Gasteiger partial charge in [-0.25, -0.2) is 0 Å². The Labute approximate surface area is 99.7 Å². The van der Waals surface area contributed by atoms with Crippen LogP contribution in [0.1, 0.15) is 19.8 Å². The van der Waals surface area contributed by atoms with E-state index in [1.165, 1.54) is 0 Å². The molecule has 0 spiro atoms. The third-order valence-corrected chi connectivity index (χ3v) is 1.20. The summed E-state index contributed by atoms with van der Waals surface area (Å²) >= 11 is 0. The predicted octanol–water partition coefficient (Wildman–Crippen LogP) is -3.79. The Bertz CT molecular complexity index is 192. The van der Waals surface area contributed by atoms with Crippen LogP contribution in [-0.4, -0.2) is 18.4 Å². The quantitative estimate of drug-likeness (QED) is 0.277. The fourth-order valence-electron chi connectivity index (χ4n) is 0.591. The first-order chi connectivity index (χ1) is 5.66. The molecule has 0 aliphatic rings. The Balaban J connectivity index is 0. The molecule has 1 N–H and O–H groups in total. The molecule has 0 aromatic heterocycles. The molecule has 0 aliphatic heterocycles. The van der Waals surface area contributed by atoms with Crippen LogP contribution in [-0.2, 0) is 9.59 Å². The van der Waals surface area contributed by atoms with Gasteiger partial charge in [0, 0.05) is 12.6 Å². The number of hydrogen-bond donors (Lipinski definition) is 1. The number of rotatable bonds is 5. The van der Waals surface area contributed by atoms with Crippen molar-refractivity contribution in [2.24, 2.45) is 0 Å². The van der Waals surface area contributed by atoms with Crippen LogP contribution in [0, 0.1) is 0 Å². The van der Waals surface area contributed by atoms with Crippen molar-refractivity contribution in [3.63, 3.8) is 0 Å². The van der Waals surface area contributed by atoms with Gasteiger partial charge >= 0.3 is 29.6 Å². The first-order valence-corrected chi connectivity index (χ1v) is 3.83. The zero-order chi connectivity index (χ0) is 9.40. The minimum Gasteiger partial charge on any atom is -0.545 e. The van der Waals surface area contributed by atoms with Crippen molar-refractivity contribution >= 4 is 11.9 Å². The maximum absolute atomic E-state index is 10.7. The van der Waals surface area contributed by atoms with E-state index in [9.17, 15) is 14.7 Å². The second kappa shape index (κ2) is 9.77. The summed E-state index contributed by atoms with van der Waals surface area (Å²) in [5.74, 6) is -1.76. The van der Waals surface area contributed by atoms with Gasteiger partial charge in [0.25, 0.3) is 0 Å². The van der Waals surface area contributed by atoms with Gasteiger partial charge in [0.1, 0.15) is 0 Å². The van der Waals surface area contributed by atoms with Crippen molar-refractivity contribution in [1.82, 2.24) is 5.32 Å². The van der Waals surface area contributed by atoms with E-state index >= 15 is 0 Å². The third-order valence-electron chi connectivity index (χ3n) is 1.20. The molecule has 13 heavy (non-hydrogen) atoms. The van der Waals surface area contributed by atoms with Crippen LogP contribution >= 0.6 is 0 Å². The molecule has 0 rings (SSSR count). The summed E-state index contributed by atoms with van der Waals surface area (Å²) in [6.07, 6.45) is 3.54. The number of nitrogens with one attached hydrogen (secondary N) is 1. The van der Waals surface area contributed by atoms with Gasteiger partial charge in [0.15, 0.2) is 0 Å². The average Bonchev–Trinajstić information content (AvgIpc) is 2.01. The van der Waals surface area contributed by atoms with Crippen LogP contribution in [0.25, 0.3) is 0 Å². The Morgan fingerprint density at radius 3 is 2.46 bits per heavy atom. The standard InChI is InChI=1S/C8H13NO3.Na/c1-2-3-6-9-7(10)4-5-8(11)12;/h4-5H,2-3,6H2,1H3,(H,9,10)(H,11,12);/q;+1/p-1/b5-4-;. The number of aliphatic carboxylic acids is 1. The van der Waals surface area contributed by atoms with Crippen molar-refractivity contribution in [3.05, 3.63) is 12.2 Å². The summed E-state index contributed by atoms with van der Waals surface area (Å²) in [5, 5.41) is 12.4. The van der Waals surface area contributed by atoms with Gasteiger partial charge in [0.05, 0.1) is 5.97 Å². The molecule has 0 heterocycles. The Morgan fingerprint density at radius 1 is 1.38 bits per heavy atom. The number of unbranched alkanes of at least 4 members (excludes halogenated alkanes) is 1. The summed E-state index contributed by atoms with van der Waals surface area (Å²) in [7, 11) is 0. The first kappa shape index (κ1) is 15.2. The number of carbonyl (C=O) groups is 2. The van der Waals surface area contributed by atoms with Crippen LogP contribution in [0.5, 0.6) is 0 Å². The van der Waals surface area contributed by atoms with Crippen LogP contribution in [0.4, 0.5) is 0 Å². The number of carboxylic acids is 1. The third kappa shape index (κ3) is 11.7. The molecule has 0 atom stereocenters. The molecular weight excluding hydrogens is 181 g/mol. The largest absolute Gasteiger partial charge is 1.00 e. The van der Waals surface area contributed by atoms with Crippen LogP contribution in [0.2, 0.25) is 0 Å². The minimum absolute atomic E-state index is 0. The Hall–Kier alpha value is -0.320. The molecule has 0 saturated heterocycles. The number of carbonyl (C=O) groups excluding carboxylic acids is 2. The molecule has 0 bridgehead atoms. The van der Waals surface area contributed by atoms with E-state index in [0.717, 1.165) is 18.9 Å². The molecule has 0 saturated carbocycles. The number of amides is 1. The van der Waals surface area contributed by atoms with Crippen molar-refractivity contribution in [2.75, 3.05) is 6.54 Å². The molecule has 5 heteroatoms. The van der Waals surface area contributed by atoms with Gasteiger partial charge in [-0.1, -0.05) is 13.3 Å². The molecule has 1 amide bonds. The van der Waals surface area contributed by atoms with E-state index in [4.69, 9.17) is 0 Å². The second-order valence-corrected chi connectivity index (χ2v) is 2.30. The van der Waals surface area contributed by atoms with E-state index in [1.54, 1.807) is 0 Å². The molecule has 0 unspecified atom stereocenters. The SMILES string of the molecule is CCCCNC(=O)/C=C\C(=O)[O-].[Na+]. The van der Waals surface area contributed by atoms with E-state index in [1.807, 2.05) is 6.92 Å². The van der Waals surface area contributed by atoms with Crippen molar-refractivity contribution in [2.45, 2.75) is 19.8 Å². The van der Waals surface area contributed by atoms with Crippen LogP contribution in [0.3, 0.4) is 0 Å². The fourth-order valence-corrected chi connectivity index (χ4v) is 0.591. The molecular formula is C8H12NNaO3. The molecule has 0 fully saturated rings. The maximum atomic E-state index is 10.7. The predicted molar refractivity (Wildman–Crippen MR) is 42.1 cm³/mol. The monoisotopic (exact) mass is 193 g/mol. The number of carboxylic acid groups (broad SMARTS) is 1. The maximum Gasteiger partial charge on any atom is 1.00 e. The van der Waals surface area contributed by atoms with Gasteiger partial charge < -0.3 is 15.2 Å². The Kier molecular flexibility index (Phi) is 11.4. The summed E-state index contributed by atoms with van der Waals surface area (Å²) < 4.78 is 0. The average molecular weight is 193 g/mol. The van der Waals surface area contributed by atoms with Gasteiger partial charge in [-0.05, 0) is 12.5 Å². The molecule has 68 valence electrons. The summed E-state index contributed by atoms with van der Waals surface area (Å²) in [6.45, 7) is 2.58. The van der Waals surface area contributed by atoms with Gasteiger partial charge in [-0.2, -0.15) is 0 Å². The minimum atomic E-state index is -1.36. The summed E-state index contributed by atoms with van der Waals surface area (Å²) in [4.78, 5) is 20.6. The first-order valence-electron chi connectivity index (χ1n) is 3.83. The molecule has 0 radical (unpaired) electrons. The Morgan fingerprint density at radius 2 is 2.00 bits per heavy atom. The van der Waals surface area contributed by atoms with E-state index in [0.29, 0.717) is 12.6 Å². The summed E-state index contributed by atoms with van der Waals surface area (Å²) in [5.41, 5.74) is 0. The summed E-state index contributed by atoms with van der Waals surface area (Å²) in [6, 6.07) is 0. The zero-order valence-corrected chi connectivity index (χ0v) is 10.0. The van der Waals surface area contributed by atoms with E-state index in [-0.39, 0.29) is 29.6 Å². The number of hydrogen-bond acceptors (Lipinski definition) is 3. The van der Waals surface area contributed by atoms with Crippen molar-refractivity contribution < 1.29 is 44.3 Å². The second-order valence-electron chi connectivity index (χ2n) is 2.30. The topological polar surface area (TPSA) is 69.2 Å². The van der Waals surface area contributed by atoms with Crippen molar-refractivity contribution in [3.8, 4) is 0 Å². The molecule has 0 aliphatic carbocycles. The van der Waals surface area contributed by atoms with Gasteiger partial charge in [-0.3, -0.25) is 4.79 Å². The van der Waals surface area contributed by atoms with Crippen LogP contribution < -0.4 is 40.0 Å². The van der Waals surface area contributed by atoms with Crippen LogP contribution in [0.15, 0.2) is 12.2 Å². The molecule has 0 aromatic rings. The normalized spacial score (nSPS) is 9.31. The van der Waals surface area contributed by atoms with E-state index < -0.39 is 11.9 Å². The van der Waals surface area contributed by atoms with E-state index in [2.05, 4.69) is 5.32 Å². The zero-order valence-electron chi connectivity index (χ0n) is 8.00. The van der Waals surface area contributed by atoms with Gasteiger partial charge in [0.2, 0.25) is 5.91 Å².